The summed E-state index contributed by atoms with van der Waals surface area (Å²) in [7, 11) is 1.67. The Kier molecular flexibility index (Phi) is 18.8. The second-order valence-corrected chi connectivity index (χ2v) is 23.7. The van der Waals surface area contributed by atoms with Gasteiger partial charge in [0.25, 0.3) is 11.8 Å². The summed E-state index contributed by atoms with van der Waals surface area (Å²) in [5.74, 6) is -2.43. The van der Waals surface area contributed by atoms with Crippen molar-refractivity contribution in [2.75, 3.05) is 26.7 Å². The Balaban J connectivity index is 1.12. The Labute approximate surface area is 456 Å². The summed E-state index contributed by atoms with van der Waals surface area (Å²) < 4.78 is 0. The Bertz CT molecular complexity index is 2750. The molecule has 7 rings (SSSR count). The molecule has 15 nitrogen and oxygen atoms in total. The van der Waals surface area contributed by atoms with Gasteiger partial charge in [-0.05, 0) is 122 Å². The van der Waals surface area contributed by atoms with E-state index in [9.17, 15) is 33.6 Å². The smallest absolute Gasteiger partial charge is 0.253 e. The van der Waals surface area contributed by atoms with Crippen LogP contribution in [0.3, 0.4) is 0 Å². The highest BCUT2D eigenvalue weighted by Crippen LogP contribution is 2.33. The van der Waals surface area contributed by atoms with Crippen LogP contribution in [0.2, 0.25) is 0 Å². The number of amides is 7. The van der Waals surface area contributed by atoms with Crippen molar-refractivity contribution in [1.29, 1.82) is 0 Å². The molecule has 1 fully saturated rings. The number of benzene rings is 4. The van der Waals surface area contributed by atoms with E-state index in [4.69, 9.17) is 0 Å². The first-order chi connectivity index (χ1) is 36.6. The molecule has 0 radical (unpaired) electrons. The minimum atomic E-state index is -0.969. The summed E-state index contributed by atoms with van der Waals surface area (Å²) in [6.07, 6.45) is 4.42. The van der Waals surface area contributed by atoms with Crippen molar-refractivity contribution in [2.45, 2.75) is 156 Å². The van der Waals surface area contributed by atoms with Gasteiger partial charge in [-0.2, -0.15) is 0 Å². The fraction of sp³-hybridized carbons (Fsp3) is 0.500. The lowest BCUT2D eigenvalue weighted by molar-refractivity contribution is -0.144. The standard InChI is InChI=1S/C62H82N8O7/c1-11-39(2)54(71)66-52(61(4,5)6)59(76)69-36-46-24-16-15-23-45(46)34-48(69)38-68(33-32-41-20-13-12-14-21-41)58(75)44-30-28-43(29-31-44)56(73)64-47-35-51(57(74)65-50-27-19-25-42-22-17-18-26-49(42)50)70(37-47)60(77)53(62(7,8)9)67-55(72)40(3)63-10/h12-18,20-24,26,28-31,39-40,47-48,50-53,63H,11,19,25,27,32-38H2,1-10H3,(H,64,73)(H,65,74)(H,66,71)(H,67,72)/t39-,40+,47+,48+,50-,51+,52-,53-/m1/s1. The monoisotopic (exact) mass is 1050 g/mol. The van der Waals surface area contributed by atoms with Gasteiger partial charge in [0, 0.05) is 49.3 Å². The number of hydrogen-bond acceptors (Lipinski definition) is 8. The van der Waals surface area contributed by atoms with Crippen LogP contribution >= 0.6 is 0 Å². The van der Waals surface area contributed by atoms with E-state index in [0.717, 1.165) is 41.5 Å². The molecule has 0 unspecified atom stereocenters. The fourth-order valence-corrected chi connectivity index (χ4v) is 10.8. The summed E-state index contributed by atoms with van der Waals surface area (Å²) in [5.41, 5.74) is 4.72. The molecule has 8 atom stereocenters. The Morgan fingerprint density at radius 2 is 1.27 bits per heavy atom. The predicted octanol–water partition coefficient (Wildman–Crippen LogP) is 6.93. The third kappa shape index (κ3) is 14.2. The van der Waals surface area contributed by atoms with E-state index in [1.807, 2.05) is 127 Å². The molecular weight excluding hydrogens is 969 g/mol. The number of carbonyl (C=O) groups excluding carboxylic acids is 7. The van der Waals surface area contributed by atoms with Gasteiger partial charge in [-0.1, -0.05) is 134 Å². The molecule has 4 aromatic rings. The van der Waals surface area contributed by atoms with Gasteiger partial charge >= 0.3 is 0 Å². The van der Waals surface area contributed by atoms with E-state index in [1.165, 1.54) is 10.5 Å². The molecule has 2 heterocycles. The van der Waals surface area contributed by atoms with Crippen LogP contribution in [0.15, 0.2) is 103 Å². The van der Waals surface area contributed by atoms with Gasteiger partial charge in [0.15, 0.2) is 0 Å². The van der Waals surface area contributed by atoms with Gasteiger partial charge in [-0.15, -0.1) is 0 Å². The van der Waals surface area contributed by atoms with Crippen LogP contribution in [0, 0.1) is 16.7 Å². The van der Waals surface area contributed by atoms with E-state index in [1.54, 1.807) is 43.1 Å². The van der Waals surface area contributed by atoms with Crippen molar-refractivity contribution in [1.82, 2.24) is 41.3 Å². The molecule has 0 aromatic heterocycles. The summed E-state index contributed by atoms with van der Waals surface area (Å²) in [6.45, 7) is 17.9. The normalized spacial score (nSPS) is 19.8. The minimum Gasteiger partial charge on any atom is -0.347 e. The number of nitrogens with one attached hydrogen (secondary N) is 5. The highest BCUT2D eigenvalue weighted by Gasteiger charge is 2.46. The number of likely N-dealkylation sites (N-methyl/N-ethyl adjacent to an activating group) is 1. The second-order valence-electron chi connectivity index (χ2n) is 23.7. The summed E-state index contributed by atoms with van der Waals surface area (Å²) in [5, 5.41) is 15.3. The first-order valence-corrected chi connectivity index (χ1v) is 27.7. The average molecular weight is 1050 g/mol. The van der Waals surface area contributed by atoms with Crippen LogP contribution in [0.25, 0.3) is 0 Å². The Hall–Kier alpha value is -6.87. The van der Waals surface area contributed by atoms with E-state index in [2.05, 4.69) is 38.7 Å². The molecule has 1 aliphatic carbocycles. The quantitative estimate of drug-likeness (QED) is 0.0709. The zero-order chi connectivity index (χ0) is 55.8. The SMILES string of the molecule is CC[C@@H](C)C(=O)N[C@H](C(=O)N1Cc2ccccc2C[C@H]1CN(CCc1ccccc1)C(=O)c1ccc(C(=O)N[C@H]2C[C@@H](C(=O)N[C@@H]3CCCc4ccccc43)N(C(=O)[C@@H](NC(=O)[C@H](C)NC)C(C)(C)C)C2)cc1)C(C)(C)C. The van der Waals surface area contributed by atoms with Gasteiger partial charge < -0.3 is 41.3 Å². The molecule has 4 aromatic carbocycles. The largest absolute Gasteiger partial charge is 0.347 e. The van der Waals surface area contributed by atoms with E-state index in [0.29, 0.717) is 37.9 Å². The van der Waals surface area contributed by atoms with Crippen LogP contribution in [0.5, 0.6) is 0 Å². The topological polar surface area (TPSA) is 189 Å². The Morgan fingerprint density at radius 1 is 0.688 bits per heavy atom. The number of carbonyl (C=O) groups is 7. The van der Waals surface area contributed by atoms with Crippen molar-refractivity contribution in [3.8, 4) is 0 Å². The molecule has 3 aliphatic rings. The third-order valence-corrected chi connectivity index (χ3v) is 15.9. The number of nitrogens with zero attached hydrogens (tertiary/aromatic N) is 3. The van der Waals surface area contributed by atoms with Crippen molar-refractivity contribution in [3.63, 3.8) is 0 Å². The Morgan fingerprint density at radius 3 is 1.91 bits per heavy atom. The van der Waals surface area contributed by atoms with Gasteiger partial charge in [-0.25, -0.2) is 0 Å². The molecule has 7 amide bonds. The third-order valence-electron chi connectivity index (χ3n) is 15.9. The van der Waals surface area contributed by atoms with Crippen molar-refractivity contribution in [2.24, 2.45) is 16.7 Å². The predicted molar refractivity (Wildman–Crippen MR) is 299 cm³/mol. The van der Waals surface area contributed by atoms with E-state index in [-0.39, 0.29) is 66.6 Å². The number of fused-ring (bicyclic) bond motifs is 2. The van der Waals surface area contributed by atoms with Crippen LogP contribution < -0.4 is 26.6 Å². The van der Waals surface area contributed by atoms with E-state index >= 15 is 0 Å². The van der Waals surface area contributed by atoms with Crippen molar-refractivity contribution in [3.05, 3.63) is 142 Å². The highest BCUT2D eigenvalue weighted by molar-refractivity contribution is 5.99. The number of aryl methyl sites for hydroxylation is 1. The van der Waals surface area contributed by atoms with Gasteiger partial charge in [0.2, 0.25) is 29.5 Å². The first kappa shape index (κ1) is 57.8. The van der Waals surface area contributed by atoms with Crippen LogP contribution in [0.4, 0.5) is 0 Å². The van der Waals surface area contributed by atoms with Crippen LogP contribution in [0.1, 0.15) is 143 Å². The van der Waals surface area contributed by atoms with Gasteiger partial charge in [-0.3, -0.25) is 33.6 Å². The lowest BCUT2D eigenvalue weighted by Gasteiger charge is -2.43. The molecule has 2 aliphatic heterocycles. The summed E-state index contributed by atoms with van der Waals surface area (Å²) in [4.78, 5) is 105. The second kappa shape index (κ2) is 25.1. The molecule has 15 heteroatoms. The molecule has 5 N–H and O–H groups in total. The van der Waals surface area contributed by atoms with Gasteiger partial charge in [0.1, 0.15) is 18.1 Å². The number of hydrogen-bond donors (Lipinski definition) is 5. The molecule has 1 saturated heterocycles. The molecule has 412 valence electrons. The molecule has 0 bridgehead atoms. The maximum absolute atomic E-state index is 14.9. The maximum Gasteiger partial charge on any atom is 0.253 e. The zero-order valence-corrected chi connectivity index (χ0v) is 46.9. The first-order valence-electron chi connectivity index (χ1n) is 27.7. The molecule has 0 saturated carbocycles. The fourth-order valence-electron chi connectivity index (χ4n) is 10.8. The minimum absolute atomic E-state index is 0.0345. The van der Waals surface area contributed by atoms with Crippen molar-refractivity contribution < 1.29 is 33.6 Å². The van der Waals surface area contributed by atoms with Crippen LogP contribution in [-0.2, 0) is 49.8 Å². The maximum atomic E-state index is 14.9. The summed E-state index contributed by atoms with van der Waals surface area (Å²) in [6, 6.07) is 28.0. The highest BCUT2D eigenvalue weighted by atomic mass is 16.2. The number of likely N-dealkylation sites (tertiary alicyclic amines) is 1. The molecule has 0 spiro atoms. The zero-order valence-electron chi connectivity index (χ0n) is 46.9. The molecular formula is C62H82N8O7. The summed E-state index contributed by atoms with van der Waals surface area (Å²) >= 11 is 0. The van der Waals surface area contributed by atoms with E-state index < -0.39 is 58.9 Å². The van der Waals surface area contributed by atoms with Crippen LogP contribution in [-0.4, -0.2) is 119 Å². The number of rotatable bonds is 18. The van der Waals surface area contributed by atoms with Crippen molar-refractivity contribution >= 4 is 41.4 Å². The average Bonchev–Trinajstić information content (AvgIpc) is 3.91. The molecule has 77 heavy (non-hydrogen) atoms. The lowest BCUT2D eigenvalue weighted by atomic mass is 9.84. The lowest BCUT2D eigenvalue weighted by Crippen LogP contribution is -2.60. The van der Waals surface area contributed by atoms with Gasteiger partial charge in [0.05, 0.1) is 18.1 Å².